The molecule has 3 nitrogen and oxygen atoms in total. The molecule has 2 rings (SSSR count). The molecular weight excluding hydrogens is 219 g/mol. The summed E-state index contributed by atoms with van der Waals surface area (Å²) in [4.78, 5) is 15.8. The molecular formula is C13H17FN2O. The van der Waals surface area contributed by atoms with E-state index in [0.29, 0.717) is 11.3 Å². The highest BCUT2D eigenvalue weighted by Gasteiger charge is 2.18. The van der Waals surface area contributed by atoms with E-state index in [1.165, 1.54) is 12.5 Å². The van der Waals surface area contributed by atoms with Crippen molar-refractivity contribution in [3.05, 3.63) is 29.3 Å². The van der Waals surface area contributed by atoms with Crippen LogP contribution in [0.4, 0.5) is 4.39 Å². The number of pyridine rings is 1. The van der Waals surface area contributed by atoms with Gasteiger partial charge in [0, 0.05) is 6.04 Å². The molecule has 1 amide bonds. The van der Waals surface area contributed by atoms with Crippen LogP contribution in [0.2, 0.25) is 0 Å². The summed E-state index contributed by atoms with van der Waals surface area (Å²) in [5, 5.41) is 2.96. The van der Waals surface area contributed by atoms with E-state index in [-0.39, 0.29) is 11.9 Å². The average molecular weight is 236 g/mol. The van der Waals surface area contributed by atoms with Gasteiger partial charge in [0.1, 0.15) is 5.82 Å². The SMILES string of the molecule is Cc1ncc(F)cc1C(=O)NC1CCCCC1. The van der Waals surface area contributed by atoms with Crippen LogP contribution >= 0.6 is 0 Å². The molecule has 0 unspecified atom stereocenters. The molecule has 1 fully saturated rings. The number of aromatic nitrogens is 1. The van der Waals surface area contributed by atoms with Gasteiger partial charge in [-0.25, -0.2) is 4.39 Å². The zero-order valence-electron chi connectivity index (χ0n) is 10.0. The molecule has 0 aliphatic heterocycles. The highest BCUT2D eigenvalue weighted by atomic mass is 19.1. The average Bonchev–Trinajstić information content (AvgIpc) is 2.33. The molecule has 1 aliphatic rings. The van der Waals surface area contributed by atoms with E-state index in [1.54, 1.807) is 6.92 Å². The summed E-state index contributed by atoms with van der Waals surface area (Å²) in [5.41, 5.74) is 0.912. The van der Waals surface area contributed by atoms with Gasteiger partial charge in [-0.1, -0.05) is 19.3 Å². The number of nitrogens with one attached hydrogen (secondary N) is 1. The van der Waals surface area contributed by atoms with Crippen molar-refractivity contribution in [1.82, 2.24) is 10.3 Å². The van der Waals surface area contributed by atoms with Gasteiger partial charge >= 0.3 is 0 Å². The lowest BCUT2D eigenvalue weighted by Crippen LogP contribution is -2.36. The minimum atomic E-state index is -0.468. The van der Waals surface area contributed by atoms with Crippen molar-refractivity contribution >= 4 is 5.91 Å². The Morgan fingerprint density at radius 1 is 1.41 bits per heavy atom. The second kappa shape index (κ2) is 5.25. The van der Waals surface area contributed by atoms with Gasteiger partial charge in [0.25, 0.3) is 5.91 Å². The smallest absolute Gasteiger partial charge is 0.253 e. The van der Waals surface area contributed by atoms with Crippen LogP contribution in [-0.4, -0.2) is 16.9 Å². The fraction of sp³-hybridized carbons (Fsp3) is 0.538. The Bertz CT molecular complexity index is 414. The molecule has 0 aromatic carbocycles. The van der Waals surface area contributed by atoms with Crippen LogP contribution in [0.1, 0.15) is 48.2 Å². The monoisotopic (exact) mass is 236 g/mol. The van der Waals surface area contributed by atoms with Crippen molar-refractivity contribution in [2.45, 2.75) is 45.1 Å². The maximum Gasteiger partial charge on any atom is 0.253 e. The van der Waals surface area contributed by atoms with E-state index in [2.05, 4.69) is 10.3 Å². The van der Waals surface area contributed by atoms with Crippen molar-refractivity contribution in [3.63, 3.8) is 0 Å². The number of rotatable bonds is 2. The van der Waals surface area contributed by atoms with Crippen LogP contribution in [0, 0.1) is 12.7 Å². The molecule has 1 aromatic heterocycles. The number of hydrogen-bond donors (Lipinski definition) is 1. The second-order valence-corrected chi connectivity index (χ2v) is 4.59. The summed E-state index contributed by atoms with van der Waals surface area (Å²) in [6.45, 7) is 1.72. The predicted molar refractivity (Wildman–Crippen MR) is 63.3 cm³/mol. The Kier molecular flexibility index (Phi) is 3.71. The van der Waals surface area contributed by atoms with Gasteiger partial charge in [-0.2, -0.15) is 0 Å². The minimum Gasteiger partial charge on any atom is -0.349 e. The Labute approximate surface area is 100 Å². The molecule has 1 heterocycles. The molecule has 1 aromatic rings. The fourth-order valence-electron chi connectivity index (χ4n) is 2.25. The quantitative estimate of drug-likeness (QED) is 0.857. The first kappa shape index (κ1) is 12.0. The number of carbonyl (C=O) groups excluding carboxylic acids is 1. The standard InChI is InChI=1S/C13H17FN2O/c1-9-12(7-10(14)8-15-9)13(17)16-11-5-3-2-4-6-11/h7-8,11H,2-6H2,1H3,(H,16,17). The fourth-order valence-corrected chi connectivity index (χ4v) is 2.25. The molecule has 1 aliphatic carbocycles. The highest BCUT2D eigenvalue weighted by Crippen LogP contribution is 2.18. The number of halogens is 1. The number of hydrogen-bond acceptors (Lipinski definition) is 2. The molecule has 0 spiro atoms. The van der Waals surface area contributed by atoms with Crippen LogP contribution in [0.15, 0.2) is 12.3 Å². The Hall–Kier alpha value is -1.45. The van der Waals surface area contributed by atoms with E-state index < -0.39 is 5.82 Å². The summed E-state index contributed by atoms with van der Waals surface area (Å²) >= 11 is 0. The first-order valence-corrected chi connectivity index (χ1v) is 6.10. The second-order valence-electron chi connectivity index (χ2n) is 4.59. The molecule has 92 valence electrons. The molecule has 1 N–H and O–H groups in total. The van der Waals surface area contributed by atoms with Crippen LogP contribution < -0.4 is 5.32 Å². The summed E-state index contributed by atoms with van der Waals surface area (Å²) < 4.78 is 13.0. The molecule has 4 heteroatoms. The Morgan fingerprint density at radius 2 is 2.12 bits per heavy atom. The largest absolute Gasteiger partial charge is 0.349 e. The molecule has 17 heavy (non-hydrogen) atoms. The maximum absolute atomic E-state index is 13.0. The molecule has 0 radical (unpaired) electrons. The lowest BCUT2D eigenvalue weighted by molar-refractivity contribution is 0.0926. The molecule has 0 atom stereocenters. The predicted octanol–water partition coefficient (Wildman–Crippen LogP) is 2.59. The van der Waals surface area contributed by atoms with E-state index >= 15 is 0 Å². The summed E-state index contributed by atoms with van der Waals surface area (Å²) in [7, 11) is 0. The zero-order valence-corrected chi connectivity index (χ0v) is 10.0. The molecule has 0 saturated heterocycles. The minimum absolute atomic E-state index is 0.207. The lowest BCUT2D eigenvalue weighted by atomic mass is 9.95. The third-order valence-corrected chi connectivity index (χ3v) is 3.24. The number of amides is 1. The molecule has 1 saturated carbocycles. The van der Waals surface area contributed by atoms with E-state index in [9.17, 15) is 9.18 Å². The summed E-state index contributed by atoms with van der Waals surface area (Å²) in [6.07, 6.45) is 6.73. The maximum atomic E-state index is 13.0. The van der Waals surface area contributed by atoms with E-state index in [1.807, 2.05) is 0 Å². The zero-order chi connectivity index (χ0) is 12.3. The van der Waals surface area contributed by atoms with Crippen molar-refractivity contribution < 1.29 is 9.18 Å². The van der Waals surface area contributed by atoms with Gasteiger partial charge < -0.3 is 5.32 Å². The van der Waals surface area contributed by atoms with Crippen molar-refractivity contribution in [2.24, 2.45) is 0 Å². The van der Waals surface area contributed by atoms with E-state index in [0.717, 1.165) is 31.9 Å². The van der Waals surface area contributed by atoms with Crippen LogP contribution in [0.3, 0.4) is 0 Å². The first-order valence-electron chi connectivity index (χ1n) is 6.10. The number of carbonyl (C=O) groups is 1. The normalized spacial score (nSPS) is 16.8. The number of nitrogens with zero attached hydrogens (tertiary/aromatic N) is 1. The van der Waals surface area contributed by atoms with Crippen molar-refractivity contribution in [1.29, 1.82) is 0 Å². The van der Waals surface area contributed by atoms with Crippen LogP contribution in [0.5, 0.6) is 0 Å². The van der Waals surface area contributed by atoms with Gasteiger partial charge in [0.05, 0.1) is 17.5 Å². The molecule has 0 bridgehead atoms. The van der Waals surface area contributed by atoms with Gasteiger partial charge in [-0.15, -0.1) is 0 Å². The van der Waals surface area contributed by atoms with Gasteiger partial charge in [-0.3, -0.25) is 9.78 Å². The Balaban J connectivity index is 2.05. The summed E-state index contributed by atoms with van der Waals surface area (Å²) in [6, 6.07) is 1.49. The lowest BCUT2D eigenvalue weighted by Gasteiger charge is -2.23. The van der Waals surface area contributed by atoms with Crippen LogP contribution in [0.25, 0.3) is 0 Å². The third kappa shape index (κ3) is 3.02. The van der Waals surface area contributed by atoms with E-state index in [4.69, 9.17) is 0 Å². The summed E-state index contributed by atoms with van der Waals surface area (Å²) in [5.74, 6) is -0.675. The third-order valence-electron chi connectivity index (χ3n) is 3.24. The van der Waals surface area contributed by atoms with Gasteiger partial charge in [0.2, 0.25) is 0 Å². The van der Waals surface area contributed by atoms with Crippen molar-refractivity contribution in [3.8, 4) is 0 Å². The highest BCUT2D eigenvalue weighted by molar-refractivity contribution is 5.95. The van der Waals surface area contributed by atoms with Gasteiger partial charge in [-0.05, 0) is 25.8 Å². The first-order chi connectivity index (χ1) is 8.16. The number of aryl methyl sites for hydroxylation is 1. The van der Waals surface area contributed by atoms with Gasteiger partial charge in [0.15, 0.2) is 0 Å². The Morgan fingerprint density at radius 3 is 2.82 bits per heavy atom. The topological polar surface area (TPSA) is 42.0 Å². The van der Waals surface area contributed by atoms with Crippen molar-refractivity contribution in [2.75, 3.05) is 0 Å². The van der Waals surface area contributed by atoms with Crippen LogP contribution in [-0.2, 0) is 0 Å².